The highest BCUT2D eigenvalue weighted by Crippen LogP contribution is 2.54. The number of rotatable bonds is 5. The van der Waals surface area contributed by atoms with Crippen LogP contribution in [0.1, 0.15) is 46.5 Å². The molecule has 2 saturated heterocycles. The van der Waals surface area contributed by atoms with E-state index >= 15 is 0 Å². The molecule has 0 aromatic rings. The number of urea groups is 1. The highest BCUT2D eigenvalue weighted by atomic mass is 16.5. The minimum absolute atomic E-state index is 0.0531. The van der Waals surface area contributed by atoms with Crippen LogP contribution in [-0.4, -0.2) is 55.5 Å². The second kappa shape index (κ2) is 6.36. The molecule has 3 aliphatic rings. The average molecular weight is 310 g/mol. The van der Waals surface area contributed by atoms with Gasteiger partial charge in [0, 0.05) is 43.7 Å². The summed E-state index contributed by atoms with van der Waals surface area (Å²) in [7, 11) is 0. The summed E-state index contributed by atoms with van der Waals surface area (Å²) in [5, 5.41) is 3.10. The molecular weight excluding hydrogens is 280 g/mol. The van der Waals surface area contributed by atoms with Crippen molar-refractivity contribution in [1.82, 2.24) is 10.2 Å². The minimum Gasteiger partial charge on any atom is -0.377 e. The van der Waals surface area contributed by atoms with E-state index in [4.69, 9.17) is 9.47 Å². The molecule has 0 aromatic heterocycles. The van der Waals surface area contributed by atoms with E-state index in [9.17, 15) is 4.79 Å². The van der Waals surface area contributed by atoms with E-state index in [1.807, 2.05) is 0 Å². The minimum atomic E-state index is 0.0531. The van der Waals surface area contributed by atoms with E-state index in [1.165, 1.54) is 0 Å². The van der Waals surface area contributed by atoms with Crippen molar-refractivity contribution in [2.24, 2.45) is 11.3 Å². The SMILES string of the molecule is CCCN(C(=O)NC[C@@H]1CCCO1)[C@@H]1[C@H]2CCO[C@H]2C1(C)C. The lowest BCUT2D eigenvalue weighted by Gasteiger charge is -2.58. The third-order valence-electron chi connectivity index (χ3n) is 5.60. The van der Waals surface area contributed by atoms with Gasteiger partial charge < -0.3 is 19.7 Å². The average Bonchev–Trinajstić information content (AvgIpc) is 3.14. The van der Waals surface area contributed by atoms with Crippen LogP contribution >= 0.6 is 0 Å². The van der Waals surface area contributed by atoms with E-state index < -0.39 is 0 Å². The Morgan fingerprint density at radius 3 is 2.77 bits per heavy atom. The molecule has 3 rings (SSSR count). The smallest absolute Gasteiger partial charge is 0.317 e. The van der Waals surface area contributed by atoms with Crippen molar-refractivity contribution < 1.29 is 14.3 Å². The molecule has 1 saturated carbocycles. The Balaban J connectivity index is 1.62. The zero-order valence-electron chi connectivity index (χ0n) is 14.1. The standard InChI is InChI=1S/C17H30N2O3/c1-4-8-19(16(20)18-11-12-6-5-9-21-12)14-13-7-10-22-15(13)17(14,2)3/h12-15H,4-11H2,1-3H3,(H,18,20)/t12-,13+,14+,15+/m0/s1. The molecule has 1 aliphatic carbocycles. The van der Waals surface area contributed by atoms with Crippen LogP contribution in [0.2, 0.25) is 0 Å². The van der Waals surface area contributed by atoms with Gasteiger partial charge >= 0.3 is 6.03 Å². The van der Waals surface area contributed by atoms with Crippen LogP contribution in [0.5, 0.6) is 0 Å². The van der Waals surface area contributed by atoms with Crippen LogP contribution in [0, 0.1) is 11.3 Å². The number of nitrogens with one attached hydrogen (secondary N) is 1. The molecule has 2 aliphatic heterocycles. The highest BCUT2D eigenvalue weighted by molar-refractivity contribution is 5.75. The van der Waals surface area contributed by atoms with Crippen LogP contribution in [0.3, 0.4) is 0 Å². The van der Waals surface area contributed by atoms with E-state index in [2.05, 4.69) is 31.0 Å². The van der Waals surface area contributed by atoms with Gasteiger partial charge in [-0.1, -0.05) is 20.8 Å². The van der Waals surface area contributed by atoms with Crippen LogP contribution in [0.25, 0.3) is 0 Å². The molecular formula is C17H30N2O3. The molecule has 2 heterocycles. The zero-order chi connectivity index (χ0) is 15.7. The van der Waals surface area contributed by atoms with Crippen molar-refractivity contribution in [3.05, 3.63) is 0 Å². The number of amides is 2. The lowest BCUT2D eigenvalue weighted by atomic mass is 9.56. The second-order valence-corrected chi connectivity index (χ2v) is 7.52. The number of hydrogen-bond donors (Lipinski definition) is 1. The normalized spacial score (nSPS) is 35.8. The van der Waals surface area contributed by atoms with Crippen molar-refractivity contribution >= 4 is 6.03 Å². The molecule has 0 bridgehead atoms. The van der Waals surface area contributed by atoms with Gasteiger partial charge in [0.2, 0.25) is 0 Å². The monoisotopic (exact) mass is 310 g/mol. The largest absolute Gasteiger partial charge is 0.377 e. The summed E-state index contributed by atoms with van der Waals surface area (Å²) in [6, 6.07) is 0.366. The van der Waals surface area contributed by atoms with Gasteiger partial charge in [0.05, 0.1) is 12.2 Å². The fourth-order valence-corrected chi connectivity index (χ4v) is 4.65. The third kappa shape index (κ3) is 2.73. The first kappa shape index (κ1) is 16.1. The first-order valence-electron chi connectivity index (χ1n) is 8.83. The quantitative estimate of drug-likeness (QED) is 0.848. The summed E-state index contributed by atoms with van der Waals surface area (Å²) < 4.78 is 11.5. The van der Waals surface area contributed by atoms with Gasteiger partial charge in [0.15, 0.2) is 0 Å². The Morgan fingerprint density at radius 1 is 1.27 bits per heavy atom. The second-order valence-electron chi connectivity index (χ2n) is 7.52. The van der Waals surface area contributed by atoms with Crippen LogP contribution in [0.15, 0.2) is 0 Å². The molecule has 0 spiro atoms. The number of hydrogen-bond acceptors (Lipinski definition) is 3. The summed E-state index contributed by atoms with van der Waals surface area (Å²) in [6.45, 7) is 9.73. The van der Waals surface area contributed by atoms with Crippen molar-refractivity contribution in [2.45, 2.75) is 64.7 Å². The Kier molecular flexibility index (Phi) is 4.64. The van der Waals surface area contributed by atoms with Gasteiger partial charge in [-0.05, 0) is 25.7 Å². The topological polar surface area (TPSA) is 50.8 Å². The van der Waals surface area contributed by atoms with Crippen molar-refractivity contribution in [3.63, 3.8) is 0 Å². The summed E-state index contributed by atoms with van der Waals surface area (Å²) in [5.41, 5.74) is 0.0531. The molecule has 0 radical (unpaired) electrons. The van der Waals surface area contributed by atoms with Gasteiger partial charge in [-0.15, -0.1) is 0 Å². The first-order chi connectivity index (χ1) is 10.6. The molecule has 5 nitrogen and oxygen atoms in total. The van der Waals surface area contributed by atoms with Crippen molar-refractivity contribution in [1.29, 1.82) is 0 Å². The Morgan fingerprint density at radius 2 is 2.09 bits per heavy atom. The van der Waals surface area contributed by atoms with E-state index in [0.29, 0.717) is 24.6 Å². The number of nitrogens with zero attached hydrogens (tertiary/aromatic N) is 1. The number of carbonyl (C=O) groups excluding carboxylic acids is 1. The lowest BCUT2D eigenvalue weighted by molar-refractivity contribution is -0.143. The molecule has 2 amide bonds. The zero-order valence-corrected chi connectivity index (χ0v) is 14.1. The lowest BCUT2D eigenvalue weighted by Crippen LogP contribution is -2.69. The van der Waals surface area contributed by atoms with Crippen LogP contribution in [-0.2, 0) is 9.47 Å². The Hall–Kier alpha value is -0.810. The van der Waals surface area contributed by atoms with Crippen molar-refractivity contribution in [3.8, 4) is 0 Å². The van der Waals surface area contributed by atoms with Crippen LogP contribution in [0.4, 0.5) is 4.79 Å². The molecule has 4 atom stereocenters. The summed E-state index contributed by atoms with van der Waals surface area (Å²) in [4.78, 5) is 14.8. The van der Waals surface area contributed by atoms with Gasteiger partial charge in [0.1, 0.15) is 0 Å². The van der Waals surface area contributed by atoms with E-state index in [0.717, 1.165) is 45.4 Å². The number of ether oxygens (including phenoxy) is 2. The first-order valence-corrected chi connectivity index (χ1v) is 8.83. The fraction of sp³-hybridized carbons (Fsp3) is 0.941. The van der Waals surface area contributed by atoms with Gasteiger partial charge in [-0.3, -0.25) is 0 Å². The molecule has 22 heavy (non-hydrogen) atoms. The molecule has 0 aromatic carbocycles. The summed E-state index contributed by atoms with van der Waals surface area (Å²) in [5.74, 6) is 0.509. The van der Waals surface area contributed by atoms with Crippen molar-refractivity contribution in [2.75, 3.05) is 26.3 Å². The maximum atomic E-state index is 12.7. The molecule has 5 heteroatoms. The van der Waals surface area contributed by atoms with Crippen LogP contribution < -0.4 is 5.32 Å². The van der Waals surface area contributed by atoms with Gasteiger partial charge in [-0.2, -0.15) is 0 Å². The number of fused-ring (bicyclic) bond motifs is 1. The predicted molar refractivity (Wildman–Crippen MR) is 84.8 cm³/mol. The summed E-state index contributed by atoms with van der Waals surface area (Å²) in [6.07, 6.45) is 4.75. The Labute approximate surface area is 133 Å². The summed E-state index contributed by atoms with van der Waals surface area (Å²) >= 11 is 0. The molecule has 3 fully saturated rings. The van der Waals surface area contributed by atoms with E-state index in [-0.39, 0.29) is 17.6 Å². The molecule has 1 N–H and O–H groups in total. The predicted octanol–water partition coefficient (Wildman–Crippen LogP) is 2.40. The number of carbonyl (C=O) groups is 1. The third-order valence-corrected chi connectivity index (χ3v) is 5.60. The maximum absolute atomic E-state index is 12.7. The fourth-order valence-electron chi connectivity index (χ4n) is 4.65. The molecule has 0 unspecified atom stereocenters. The Bertz CT molecular complexity index is 407. The van der Waals surface area contributed by atoms with Gasteiger partial charge in [-0.25, -0.2) is 4.79 Å². The van der Waals surface area contributed by atoms with E-state index in [1.54, 1.807) is 0 Å². The highest BCUT2D eigenvalue weighted by Gasteiger charge is 2.62. The maximum Gasteiger partial charge on any atom is 0.317 e. The molecule has 126 valence electrons. The van der Waals surface area contributed by atoms with Gasteiger partial charge in [0.25, 0.3) is 0 Å².